The summed E-state index contributed by atoms with van der Waals surface area (Å²) in [5, 5.41) is 8.96. The number of piperidine rings is 1. The second-order valence-corrected chi connectivity index (χ2v) is 8.24. The minimum Gasteiger partial charge on any atom is -0.384 e. The molecule has 142 valence electrons. The number of anilines is 1. The second kappa shape index (κ2) is 7.00. The SMILES string of the molecule is Cc1nc(-c2ccccc2)sc1-c1cnn2c(N)cc(C3CCCNC3)nc12. The third kappa shape index (κ3) is 2.96. The highest BCUT2D eigenvalue weighted by molar-refractivity contribution is 7.18. The number of aromatic nitrogens is 4. The summed E-state index contributed by atoms with van der Waals surface area (Å²) < 4.78 is 1.73. The highest BCUT2D eigenvalue weighted by atomic mass is 32.1. The lowest BCUT2D eigenvalue weighted by molar-refractivity contribution is 0.455. The summed E-state index contributed by atoms with van der Waals surface area (Å²) in [7, 11) is 0. The Morgan fingerprint density at radius 2 is 2.07 bits per heavy atom. The first-order valence-corrected chi connectivity index (χ1v) is 10.4. The van der Waals surface area contributed by atoms with E-state index in [-0.39, 0.29) is 0 Å². The summed E-state index contributed by atoms with van der Waals surface area (Å²) in [5.74, 6) is 1.02. The average Bonchev–Trinajstić information content (AvgIpc) is 3.33. The molecule has 1 fully saturated rings. The van der Waals surface area contributed by atoms with Crippen molar-refractivity contribution in [2.75, 3.05) is 18.8 Å². The maximum Gasteiger partial charge on any atom is 0.166 e. The van der Waals surface area contributed by atoms with Gasteiger partial charge in [-0.25, -0.2) is 9.97 Å². The van der Waals surface area contributed by atoms with Crippen LogP contribution in [-0.2, 0) is 0 Å². The van der Waals surface area contributed by atoms with Gasteiger partial charge in [-0.2, -0.15) is 9.61 Å². The van der Waals surface area contributed by atoms with Crippen molar-refractivity contribution in [1.29, 1.82) is 0 Å². The average molecular weight is 391 g/mol. The molecular weight excluding hydrogens is 368 g/mol. The third-order valence-electron chi connectivity index (χ3n) is 5.30. The van der Waals surface area contributed by atoms with Crippen molar-refractivity contribution in [3.63, 3.8) is 0 Å². The van der Waals surface area contributed by atoms with Gasteiger partial charge in [-0.05, 0) is 26.3 Å². The Morgan fingerprint density at radius 3 is 2.86 bits per heavy atom. The molecular formula is C21H22N6S. The molecule has 7 heteroatoms. The molecule has 0 radical (unpaired) electrons. The Morgan fingerprint density at radius 1 is 1.21 bits per heavy atom. The van der Waals surface area contributed by atoms with E-state index in [9.17, 15) is 0 Å². The van der Waals surface area contributed by atoms with Crippen LogP contribution in [0.3, 0.4) is 0 Å². The predicted octanol–water partition coefficient (Wildman–Crippen LogP) is 3.88. The molecule has 4 heterocycles. The van der Waals surface area contributed by atoms with Crippen molar-refractivity contribution in [1.82, 2.24) is 24.9 Å². The summed E-state index contributed by atoms with van der Waals surface area (Å²) in [6.45, 7) is 4.07. The van der Waals surface area contributed by atoms with Crippen LogP contribution in [0.2, 0.25) is 0 Å². The normalized spacial score (nSPS) is 17.2. The second-order valence-electron chi connectivity index (χ2n) is 7.24. The molecule has 0 saturated carbocycles. The highest BCUT2D eigenvalue weighted by Crippen LogP contribution is 2.37. The molecule has 3 aromatic heterocycles. The van der Waals surface area contributed by atoms with Crippen LogP contribution < -0.4 is 11.1 Å². The summed E-state index contributed by atoms with van der Waals surface area (Å²) in [4.78, 5) is 10.9. The van der Waals surface area contributed by atoms with E-state index in [1.165, 1.54) is 0 Å². The lowest BCUT2D eigenvalue weighted by Crippen LogP contribution is -2.29. The number of nitrogens with zero attached hydrogens (tertiary/aromatic N) is 4. The van der Waals surface area contributed by atoms with E-state index in [2.05, 4.69) is 22.5 Å². The predicted molar refractivity (Wildman–Crippen MR) is 114 cm³/mol. The number of aryl methyl sites for hydroxylation is 1. The molecule has 1 saturated heterocycles. The topological polar surface area (TPSA) is 81.1 Å². The molecule has 1 aromatic carbocycles. The van der Waals surface area contributed by atoms with E-state index >= 15 is 0 Å². The summed E-state index contributed by atoms with van der Waals surface area (Å²) in [5.41, 5.74) is 11.3. The fourth-order valence-corrected chi connectivity index (χ4v) is 4.91. The monoisotopic (exact) mass is 390 g/mol. The Balaban J connectivity index is 1.61. The van der Waals surface area contributed by atoms with Crippen LogP contribution in [0.1, 0.15) is 30.1 Å². The van der Waals surface area contributed by atoms with Gasteiger partial charge in [0.05, 0.1) is 28.0 Å². The van der Waals surface area contributed by atoms with Crippen molar-refractivity contribution in [3.05, 3.63) is 54.0 Å². The summed E-state index contributed by atoms with van der Waals surface area (Å²) in [6, 6.07) is 12.2. The number of thiazole rings is 1. The van der Waals surface area contributed by atoms with Crippen LogP contribution in [-0.4, -0.2) is 32.7 Å². The maximum atomic E-state index is 6.32. The van der Waals surface area contributed by atoms with Crippen molar-refractivity contribution in [2.24, 2.45) is 0 Å². The van der Waals surface area contributed by atoms with E-state index in [0.29, 0.717) is 11.7 Å². The molecule has 0 amide bonds. The molecule has 1 unspecified atom stereocenters. The van der Waals surface area contributed by atoms with Crippen molar-refractivity contribution >= 4 is 22.8 Å². The Labute approximate surface area is 167 Å². The van der Waals surface area contributed by atoms with Gasteiger partial charge in [0.25, 0.3) is 0 Å². The first kappa shape index (κ1) is 17.3. The van der Waals surface area contributed by atoms with Crippen LogP contribution in [0.4, 0.5) is 5.82 Å². The zero-order chi connectivity index (χ0) is 19.1. The van der Waals surface area contributed by atoms with Crippen molar-refractivity contribution in [3.8, 4) is 21.0 Å². The van der Waals surface area contributed by atoms with Crippen LogP contribution in [0.15, 0.2) is 42.6 Å². The molecule has 28 heavy (non-hydrogen) atoms. The standard InChI is InChI=1S/C21H22N6S/c1-13-19(28-21(25-13)14-6-3-2-4-7-14)16-12-24-27-18(22)10-17(26-20(16)27)15-8-5-9-23-11-15/h2-4,6-7,10,12,15,23H,5,8-9,11,22H2,1H3. The molecule has 1 aliphatic rings. The zero-order valence-corrected chi connectivity index (χ0v) is 16.5. The van der Waals surface area contributed by atoms with Gasteiger partial charge in [0.1, 0.15) is 10.8 Å². The zero-order valence-electron chi connectivity index (χ0n) is 15.7. The fourth-order valence-electron chi connectivity index (χ4n) is 3.83. The number of rotatable bonds is 3. The molecule has 1 atom stereocenters. The molecule has 4 aromatic rings. The summed E-state index contributed by atoms with van der Waals surface area (Å²) in [6.07, 6.45) is 4.16. The lowest BCUT2D eigenvalue weighted by Gasteiger charge is -2.22. The van der Waals surface area contributed by atoms with E-state index in [1.54, 1.807) is 15.9 Å². The molecule has 0 bridgehead atoms. The molecule has 0 aliphatic carbocycles. The van der Waals surface area contributed by atoms with Gasteiger partial charge < -0.3 is 11.1 Å². The maximum absolute atomic E-state index is 6.32. The van der Waals surface area contributed by atoms with E-state index in [0.717, 1.165) is 64.0 Å². The molecule has 3 N–H and O–H groups in total. The Kier molecular flexibility index (Phi) is 4.33. The molecule has 1 aliphatic heterocycles. The number of benzene rings is 1. The number of nitrogens with two attached hydrogens (primary N) is 1. The number of nitrogens with one attached hydrogen (secondary N) is 1. The Hall–Kier alpha value is -2.77. The van der Waals surface area contributed by atoms with Gasteiger partial charge in [0.2, 0.25) is 0 Å². The largest absolute Gasteiger partial charge is 0.384 e. The summed E-state index contributed by atoms with van der Waals surface area (Å²) >= 11 is 1.67. The third-order valence-corrected chi connectivity index (χ3v) is 6.54. The first-order valence-electron chi connectivity index (χ1n) is 9.59. The molecule has 6 nitrogen and oxygen atoms in total. The number of hydrogen-bond donors (Lipinski definition) is 2. The van der Waals surface area contributed by atoms with Crippen molar-refractivity contribution < 1.29 is 0 Å². The van der Waals surface area contributed by atoms with E-state index in [4.69, 9.17) is 15.7 Å². The smallest absolute Gasteiger partial charge is 0.166 e. The first-order chi connectivity index (χ1) is 13.7. The minimum atomic E-state index is 0.395. The van der Waals surface area contributed by atoms with Crippen LogP contribution in [0.5, 0.6) is 0 Å². The van der Waals surface area contributed by atoms with Gasteiger partial charge in [0, 0.05) is 24.1 Å². The lowest BCUT2D eigenvalue weighted by atomic mass is 9.96. The molecule has 5 rings (SSSR count). The number of fused-ring (bicyclic) bond motifs is 1. The van der Waals surface area contributed by atoms with E-state index in [1.807, 2.05) is 37.4 Å². The van der Waals surface area contributed by atoms with Crippen LogP contribution in [0.25, 0.3) is 26.7 Å². The van der Waals surface area contributed by atoms with Crippen LogP contribution >= 0.6 is 11.3 Å². The Bertz CT molecular complexity index is 1120. The molecule has 0 spiro atoms. The highest BCUT2D eigenvalue weighted by Gasteiger charge is 2.21. The number of nitrogen functional groups attached to an aromatic ring is 1. The van der Waals surface area contributed by atoms with Gasteiger partial charge in [-0.3, -0.25) is 0 Å². The van der Waals surface area contributed by atoms with Gasteiger partial charge in [-0.1, -0.05) is 30.3 Å². The number of hydrogen-bond acceptors (Lipinski definition) is 6. The van der Waals surface area contributed by atoms with Gasteiger partial charge in [0.15, 0.2) is 5.65 Å². The van der Waals surface area contributed by atoms with Gasteiger partial charge >= 0.3 is 0 Å². The van der Waals surface area contributed by atoms with Gasteiger partial charge in [-0.15, -0.1) is 11.3 Å². The van der Waals surface area contributed by atoms with Crippen molar-refractivity contribution in [2.45, 2.75) is 25.7 Å². The van der Waals surface area contributed by atoms with E-state index < -0.39 is 0 Å². The van der Waals surface area contributed by atoms with Crippen LogP contribution in [0, 0.1) is 6.92 Å². The minimum absolute atomic E-state index is 0.395. The fraction of sp³-hybridized carbons (Fsp3) is 0.286. The quantitative estimate of drug-likeness (QED) is 0.555.